The van der Waals surface area contributed by atoms with E-state index in [9.17, 15) is 26.7 Å². The summed E-state index contributed by atoms with van der Waals surface area (Å²) in [5.41, 5.74) is 0.610. The normalized spacial score (nSPS) is 13.4. The van der Waals surface area contributed by atoms with E-state index < -0.39 is 27.9 Å². The number of benzene rings is 2. The monoisotopic (exact) mass is 403 g/mol. The number of aryl methyl sites for hydroxylation is 2. The summed E-state index contributed by atoms with van der Waals surface area (Å²) >= 11 is 0. The van der Waals surface area contributed by atoms with Crippen molar-refractivity contribution in [3.05, 3.63) is 58.7 Å². The number of aliphatic hydroxyl groups is 1. The second-order valence-corrected chi connectivity index (χ2v) is 7.84. The highest BCUT2D eigenvalue weighted by Crippen LogP contribution is 2.30. The van der Waals surface area contributed by atoms with Crippen LogP contribution in [0, 0.1) is 13.8 Å². The van der Waals surface area contributed by atoms with E-state index in [-0.39, 0.29) is 17.0 Å². The van der Waals surface area contributed by atoms with Gasteiger partial charge in [-0.1, -0.05) is 12.1 Å². The molecule has 0 saturated carbocycles. The van der Waals surface area contributed by atoms with E-state index >= 15 is 0 Å². The van der Waals surface area contributed by atoms with Crippen molar-refractivity contribution in [2.75, 3.05) is 13.7 Å². The maximum atomic E-state index is 12.6. The van der Waals surface area contributed by atoms with Crippen LogP contribution in [0.15, 0.2) is 41.3 Å². The molecule has 9 heteroatoms. The van der Waals surface area contributed by atoms with Crippen molar-refractivity contribution in [2.45, 2.75) is 31.0 Å². The van der Waals surface area contributed by atoms with Crippen LogP contribution in [-0.4, -0.2) is 27.2 Å². The van der Waals surface area contributed by atoms with Gasteiger partial charge in [0.1, 0.15) is 5.75 Å². The topological polar surface area (TPSA) is 75.6 Å². The van der Waals surface area contributed by atoms with Gasteiger partial charge in [0, 0.05) is 6.54 Å². The predicted molar refractivity (Wildman–Crippen MR) is 94.1 cm³/mol. The van der Waals surface area contributed by atoms with Crippen LogP contribution >= 0.6 is 0 Å². The number of alkyl halides is 3. The summed E-state index contributed by atoms with van der Waals surface area (Å²) in [6, 6.07) is 6.79. The molecular weight excluding hydrogens is 383 g/mol. The first-order valence-electron chi connectivity index (χ1n) is 7.96. The number of halogens is 3. The predicted octanol–water partition coefficient (Wildman–Crippen LogP) is 3.34. The number of hydrogen-bond acceptors (Lipinski definition) is 4. The van der Waals surface area contributed by atoms with Gasteiger partial charge in [0.15, 0.2) is 0 Å². The standard InChI is InChI=1S/C18H20F3NO4S/c1-11-8-15(9-12(2)17(11)26-3)27(24,25)22-10-16(23)13-4-6-14(7-5-13)18(19,20)21/h4-9,16,22-23H,10H2,1-3H3. The largest absolute Gasteiger partial charge is 0.496 e. The van der Waals surface area contributed by atoms with E-state index in [1.54, 1.807) is 13.8 Å². The molecule has 1 unspecified atom stereocenters. The zero-order valence-electron chi connectivity index (χ0n) is 15.0. The summed E-state index contributed by atoms with van der Waals surface area (Å²) in [4.78, 5) is 0.0120. The third-order valence-corrected chi connectivity index (χ3v) is 5.44. The average molecular weight is 403 g/mol. The van der Waals surface area contributed by atoms with Gasteiger partial charge in [-0.25, -0.2) is 13.1 Å². The quantitative estimate of drug-likeness (QED) is 0.776. The second kappa shape index (κ2) is 7.87. The molecule has 0 aliphatic heterocycles. The molecule has 0 aliphatic rings. The molecule has 148 valence electrons. The van der Waals surface area contributed by atoms with Crippen LogP contribution in [0.1, 0.15) is 28.4 Å². The molecule has 0 bridgehead atoms. The Morgan fingerprint density at radius 2 is 1.63 bits per heavy atom. The first-order chi connectivity index (χ1) is 12.5. The van der Waals surface area contributed by atoms with Crippen LogP contribution in [0.25, 0.3) is 0 Å². The third kappa shape index (κ3) is 5.00. The summed E-state index contributed by atoms with van der Waals surface area (Å²) in [5, 5.41) is 10.1. The van der Waals surface area contributed by atoms with Crippen molar-refractivity contribution in [1.82, 2.24) is 4.72 Å². The van der Waals surface area contributed by atoms with E-state index in [1.807, 2.05) is 0 Å². The van der Waals surface area contributed by atoms with Crippen molar-refractivity contribution in [1.29, 1.82) is 0 Å². The SMILES string of the molecule is COc1c(C)cc(S(=O)(=O)NCC(O)c2ccc(C(F)(F)F)cc2)cc1C. The van der Waals surface area contributed by atoms with Gasteiger partial charge in [-0.2, -0.15) is 13.2 Å². The van der Waals surface area contributed by atoms with Gasteiger partial charge in [0.05, 0.1) is 23.7 Å². The number of nitrogens with one attached hydrogen (secondary N) is 1. The molecule has 0 aliphatic carbocycles. The maximum Gasteiger partial charge on any atom is 0.416 e. The lowest BCUT2D eigenvalue weighted by atomic mass is 10.1. The molecule has 0 fully saturated rings. The molecule has 0 heterocycles. The summed E-state index contributed by atoms with van der Waals surface area (Å²) in [6.45, 7) is 3.04. The van der Waals surface area contributed by atoms with E-state index in [2.05, 4.69) is 4.72 Å². The Balaban J connectivity index is 2.13. The molecular formula is C18H20F3NO4S. The zero-order valence-corrected chi connectivity index (χ0v) is 15.8. The molecule has 2 aromatic rings. The lowest BCUT2D eigenvalue weighted by Crippen LogP contribution is -2.28. The molecule has 5 nitrogen and oxygen atoms in total. The number of hydrogen-bond donors (Lipinski definition) is 2. The van der Waals surface area contributed by atoms with Crippen LogP contribution in [0.2, 0.25) is 0 Å². The minimum absolute atomic E-state index is 0.0120. The van der Waals surface area contributed by atoms with Gasteiger partial charge in [0.2, 0.25) is 10.0 Å². The van der Waals surface area contributed by atoms with Crippen LogP contribution in [0.5, 0.6) is 5.75 Å². The Labute approximate surface area is 155 Å². The van der Waals surface area contributed by atoms with E-state index in [1.165, 1.54) is 19.2 Å². The van der Waals surface area contributed by atoms with Gasteiger partial charge in [-0.15, -0.1) is 0 Å². The molecule has 0 amide bonds. The highest BCUT2D eigenvalue weighted by atomic mass is 32.2. The molecule has 0 spiro atoms. The van der Waals surface area contributed by atoms with Gasteiger partial charge in [-0.05, 0) is 54.8 Å². The Kier molecular flexibility index (Phi) is 6.18. The Bertz CT molecular complexity index is 886. The minimum atomic E-state index is -4.48. The highest BCUT2D eigenvalue weighted by Gasteiger charge is 2.30. The third-order valence-electron chi connectivity index (χ3n) is 4.04. The van der Waals surface area contributed by atoms with Gasteiger partial charge in [-0.3, -0.25) is 0 Å². The number of methoxy groups -OCH3 is 1. The van der Waals surface area contributed by atoms with Crippen LogP contribution < -0.4 is 9.46 Å². The van der Waals surface area contributed by atoms with E-state index in [4.69, 9.17) is 4.74 Å². The maximum absolute atomic E-state index is 12.6. The Hall–Kier alpha value is -2.10. The first kappa shape index (κ1) is 21.2. The smallest absolute Gasteiger partial charge is 0.416 e. The minimum Gasteiger partial charge on any atom is -0.496 e. The van der Waals surface area contributed by atoms with Gasteiger partial charge in [0.25, 0.3) is 0 Å². The molecule has 2 N–H and O–H groups in total. The molecule has 2 rings (SSSR count). The van der Waals surface area contributed by atoms with Crippen molar-refractivity contribution in [3.63, 3.8) is 0 Å². The number of rotatable bonds is 6. The molecule has 0 aromatic heterocycles. The van der Waals surface area contributed by atoms with Crippen LogP contribution in [0.3, 0.4) is 0 Å². The Morgan fingerprint density at radius 3 is 2.07 bits per heavy atom. The highest BCUT2D eigenvalue weighted by molar-refractivity contribution is 7.89. The van der Waals surface area contributed by atoms with E-state index in [0.717, 1.165) is 24.3 Å². The van der Waals surface area contributed by atoms with Crippen LogP contribution in [0.4, 0.5) is 13.2 Å². The first-order valence-corrected chi connectivity index (χ1v) is 9.44. The number of sulfonamides is 1. The molecule has 1 atom stereocenters. The fraction of sp³-hybridized carbons (Fsp3) is 0.333. The summed E-state index contributed by atoms with van der Waals surface area (Å²) < 4.78 is 70.1. The summed E-state index contributed by atoms with van der Waals surface area (Å²) in [7, 11) is -2.42. The van der Waals surface area contributed by atoms with Crippen molar-refractivity contribution in [3.8, 4) is 5.75 Å². The zero-order chi connectivity index (χ0) is 20.4. The van der Waals surface area contributed by atoms with Gasteiger partial charge >= 0.3 is 6.18 Å². The van der Waals surface area contributed by atoms with Crippen LogP contribution in [-0.2, 0) is 16.2 Å². The van der Waals surface area contributed by atoms with E-state index in [0.29, 0.717) is 16.9 Å². The average Bonchev–Trinajstić information content (AvgIpc) is 2.59. The molecule has 0 saturated heterocycles. The van der Waals surface area contributed by atoms with Crippen molar-refractivity contribution >= 4 is 10.0 Å². The Morgan fingerprint density at radius 1 is 1.11 bits per heavy atom. The fourth-order valence-electron chi connectivity index (χ4n) is 2.67. The van der Waals surface area contributed by atoms with Crippen molar-refractivity contribution < 1.29 is 31.4 Å². The number of ether oxygens (including phenoxy) is 1. The lowest BCUT2D eigenvalue weighted by Gasteiger charge is -2.15. The summed E-state index contributed by atoms with van der Waals surface area (Å²) in [5.74, 6) is 0.582. The lowest BCUT2D eigenvalue weighted by molar-refractivity contribution is -0.137. The van der Waals surface area contributed by atoms with Gasteiger partial charge < -0.3 is 9.84 Å². The molecule has 2 aromatic carbocycles. The summed E-state index contributed by atoms with van der Waals surface area (Å²) in [6.07, 6.45) is -5.77. The molecule has 27 heavy (non-hydrogen) atoms. The van der Waals surface area contributed by atoms with Crippen molar-refractivity contribution in [2.24, 2.45) is 0 Å². The fourth-order valence-corrected chi connectivity index (χ4v) is 3.88. The number of aliphatic hydroxyl groups excluding tert-OH is 1. The molecule has 0 radical (unpaired) electrons. The second-order valence-electron chi connectivity index (χ2n) is 6.08.